The van der Waals surface area contributed by atoms with E-state index in [1.54, 1.807) is 0 Å². The normalized spacial score (nSPS) is 15.6. The number of rotatable bonds is 5. The van der Waals surface area contributed by atoms with Gasteiger partial charge in [0, 0.05) is 0 Å². The van der Waals surface area contributed by atoms with Gasteiger partial charge in [-0.2, -0.15) is 0 Å². The predicted octanol–water partition coefficient (Wildman–Crippen LogP) is 3.69. The van der Waals surface area contributed by atoms with Crippen molar-refractivity contribution in [3.05, 3.63) is 0 Å². The van der Waals surface area contributed by atoms with Crippen molar-refractivity contribution in [1.82, 2.24) is 5.32 Å². The van der Waals surface area contributed by atoms with E-state index in [1.807, 2.05) is 7.05 Å². The second-order valence-electron chi connectivity index (χ2n) is 6.77. The Hall–Kier alpha value is -0.0400. The van der Waals surface area contributed by atoms with Gasteiger partial charge < -0.3 is 5.32 Å². The Kier molecular flexibility index (Phi) is 5.14. The highest BCUT2D eigenvalue weighted by molar-refractivity contribution is 4.78. The molecule has 0 radical (unpaired) electrons. The van der Waals surface area contributed by atoms with Crippen LogP contribution in [0.25, 0.3) is 0 Å². The van der Waals surface area contributed by atoms with Crippen LogP contribution in [-0.2, 0) is 0 Å². The summed E-state index contributed by atoms with van der Waals surface area (Å²) < 4.78 is 0. The molecule has 0 rings (SSSR count). The fourth-order valence-electron chi connectivity index (χ4n) is 2.87. The van der Waals surface area contributed by atoms with Crippen LogP contribution in [0.4, 0.5) is 0 Å². The first-order chi connectivity index (χ1) is 6.16. The zero-order chi connectivity index (χ0) is 11.4. The number of hydrogen-bond acceptors (Lipinski definition) is 1. The lowest BCUT2D eigenvalue weighted by Gasteiger charge is -2.34. The van der Waals surface area contributed by atoms with Gasteiger partial charge >= 0.3 is 0 Å². The van der Waals surface area contributed by atoms with Crippen LogP contribution >= 0.6 is 0 Å². The van der Waals surface area contributed by atoms with E-state index in [1.165, 1.54) is 12.8 Å². The van der Waals surface area contributed by atoms with Crippen molar-refractivity contribution in [2.75, 3.05) is 13.6 Å². The van der Waals surface area contributed by atoms with E-state index in [-0.39, 0.29) is 0 Å². The molecule has 0 aliphatic rings. The fraction of sp³-hybridized carbons (Fsp3) is 1.00. The largest absolute Gasteiger partial charge is 0.319 e. The van der Waals surface area contributed by atoms with Gasteiger partial charge in [0.2, 0.25) is 0 Å². The molecule has 0 aromatic rings. The third kappa shape index (κ3) is 7.37. The first-order valence-corrected chi connectivity index (χ1v) is 5.81. The molecule has 14 heavy (non-hydrogen) atoms. The zero-order valence-corrected chi connectivity index (χ0v) is 11.2. The van der Waals surface area contributed by atoms with E-state index in [0.29, 0.717) is 10.8 Å². The van der Waals surface area contributed by atoms with Crippen LogP contribution < -0.4 is 5.32 Å². The summed E-state index contributed by atoms with van der Waals surface area (Å²) in [5, 5.41) is 3.25. The number of nitrogens with one attached hydrogen (secondary N) is 1. The lowest BCUT2D eigenvalue weighted by atomic mass is 9.72. The highest BCUT2D eigenvalue weighted by Gasteiger charge is 2.26. The van der Waals surface area contributed by atoms with Gasteiger partial charge in [-0.1, -0.05) is 41.5 Å². The van der Waals surface area contributed by atoms with Gasteiger partial charge in [0.05, 0.1) is 0 Å². The van der Waals surface area contributed by atoms with Crippen molar-refractivity contribution in [1.29, 1.82) is 0 Å². The molecule has 1 N–H and O–H groups in total. The van der Waals surface area contributed by atoms with Crippen molar-refractivity contribution >= 4 is 0 Å². The van der Waals surface area contributed by atoms with Gasteiger partial charge in [0.25, 0.3) is 0 Å². The van der Waals surface area contributed by atoms with E-state index in [4.69, 9.17) is 0 Å². The van der Waals surface area contributed by atoms with Crippen molar-refractivity contribution in [2.45, 2.75) is 54.4 Å². The summed E-state index contributed by atoms with van der Waals surface area (Å²) in [7, 11) is 2.03. The maximum Gasteiger partial charge on any atom is -0.00260 e. The molecule has 1 nitrogen and oxygen atoms in total. The van der Waals surface area contributed by atoms with E-state index in [0.717, 1.165) is 12.5 Å². The molecule has 1 atom stereocenters. The van der Waals surface area contributed by atoms with Gasteiger partial charge in [0.15, 0.2) is 0 Å². The van der Waals surface area contributed by atoms with Crippen molar-refractivity contribution < 1.29 is 0 Å². The second-order valence-corrected chi connectivity index (χ2v) is 6.77. The molecule has 0 bridgehead atoms. The molecule has 0 aromatic heterocycles. The molecule has 1 heteroatoms. The molecule has 1 unspecified atom stereocenters. The summed E-state index contributed by atoms with van der Waals surface area (Å²) in [4.78, 5) is 0. The SMILES string of the molecule is CNCC(C)CC(C)(C)CC(C)(C)C. The highest BCUT2D eigenvalue weighted by Crippen LogP contribution is 2.37. The summed E-state index contributed by atoms with van der Waals surface area (Å²) in [6.07, 6.45) is 2.61. The Morgan fingerprint density at radius 3 is 1.93 bits per heavy atom. The molecule has 0 saturated carbocycles. The summed E-state index contributed by atoms with van der Waals surface area (Å²) in [5.74, 6) is 0.775. The molecule has 0 fully saturated rings. The summed E-state index contributed by atoms with van der Waals surface area (Å²) in [5.41, 5.74) is 0.914. The standard InChI is InChI=1S/C13H29N/c1-11(9-14-7)8-13(5,6)10-12(2,3)4/h11,14H,8-10H2,1-7H3. The van der Waals surface area contributed by atoms with E-state index < -0.39 is 0 Å². The first kappa shape index (κ1) is 14.0. The molecule has 0 aromatic carbocycles. The predicted molar refractivity (Wildman–Crippen MR) is 65.6 cm³/mol. The van der Waals surface area contributed by atoms with Crippen LogP contribution in [0, 0.1) is 16.7 Å². The Balaban J connectivity index is 4.06. The molecule has 86 valence electrons. The van der Waals surface area contributed by atoms with Gasteiger partial charge in [-0.3, -0.25) is 0 Å². The average Bonchev–Trinajstić information content (AvgIpc) is 1.78. The molecule has 0 heterocycles. The Bertz CT molecular complexity index is 153. The van der Waals surface area contributed by atoms with Gasteiger partial charge in [-0.15, -0.1) is 0 Å². The van der Waals surface area contributed by atoms with Gasteiger partial charge in [-0.25, -0.2) is 0 Å². The Morgan fingerprint density at radius 2 is 1.57 bits per heavy atom. The Morgan fingerprint density at radius 1 is 1.07 bits per heavy atom. The van der Waals surface area contributed by atoms with Crippen LogP contribution in [0.3, 0.4) is 0 Å². The first-order valence-electron chi connectivity index (χ1n) is 5.81. The molecule has 0 saturated heterocycles. The molecule has 0 aliphatic carbocycles. The van der Waals surface area contributed by atoms with Crippen LogP contribution in [-0.4, -0.2) is 13.6 Å². The third-order valence-electron chi connectivity index (χ3n) is 2.46. The highest BCUT2D eigenvalue weighted by atomic mass is 14.8. The average molecular weight is 199 g/mol. The molecular formula is C13H29N. The minimum absolute atomic E-state index is 0.447. The topological polar surface area (TPSA) is 12.0 Å². The smallest absolute Gasteiger partial charge is 0.00260 e. The zero-order valence-electron chi connectivity index (χ0n) is 11.2. The van der Waals surface area contributed by atoms with Gasteiger partial charge in [0.1, 0.15) is 0 Å². The van der Waals surface area contributed by atoms with Gasteiger partial charge in [-0.05, 0) is 43.2 Å². The molecule has 0 aliphatic heterocycles. The maximum atomic E-state index is 3.25. The van der Waals surface area contributed by atoms with Crippen LogP contribution in [0.1, 0.15) is 54.4 Å². The second kappa shape index (κ2) is 5.16. The van der Waals surface area contributed by atoms with E-state index >= 15 is 0 Å². The summed E-state index contributed by atoms with van der Waals surface area (Å²) in [6, 6.07) is 0. The molecule has 0 amide bonds. The van der Waals surface area contributed by atoms with Crippen LogP contribution in [0.2, 0.25) is 0 Å². The fourth-order valence-corrected chi connectivity index (χ4v) is 2.87. The molecular weight excluding hydrogens is 170 g/mol. The van der Waals surface area contributed by atoms with Crippen molar-refractivity contribution in [2.24, 2.45) is 16.7 Å². The lowest BCUT2D eigenvalue weighted by molar-refractivity contribution is 0.174. The van der Waals surface area contributed by atoms with Crippen LogP contribution in [0.5, 0.6) is 0 Å². The maximum absolute atomic E-state index is 3.25. The van der Waals surface area contributed by atoms with E-state index in [9.17, 15) is 0 Å². The van der Waals surface area contributed by atoms with E-state index in [2.05, 4.69) is 46.9 Å². The van der Waals surface area contributed by atoms with Crippen molar-refractivity contribution in [3.8, 4) is 0 Å². The minimum Gasteiger partial charge on any atom is -0.319 e. The summed E-state index contributed by atoms with van der Waals surface area (Å²) >= 11 is 0. The van der Waals surface area contributed by atoms with Crippen molar-refractivity contribution in [3.63, 3.8) is 0 Å². The lowest BCUT2D eigenvalue weighted by Crippen LogP contribution is -2.26. The Labute approximate surface area is 90.7 Å². The third-order valence-corrected chi connectivity index (χ3v) is 2.46. The summed E-state index contributed by atoms with van der Waals surface area (Å²) in [6.45, 7) is 15.2. The quantitative estimate of drug-likeness (QED) is 0.712. The minimum atomic E-state index is 0.447. The van der Waals surface area contributed by atoms with Crippen LogP contribution in [0.15, 0.2) is 0 Å². The molecule has 0 spiro atoms. The monoisotopic (exact) mass is 199 g/mol. The number of hydrogen-bond donors (Lipinski definition) is 1.